The van der Waals surface area contributed by atoms with Gasteiger partial charge in [0.25, 0.3) is 0 Å². The van der Waals surface area contributed by atoms with Gasteiger partial charge in [-0.05, 0) is 24.6 Å². The summed E-state index contributed by atoms with van der Waals surface area (Å²) in [5, 5.41) is 7.36. The summed E-state index contributed by atoms with van der Waals surface area (Å²) in [7, 11) is 0. The molecule has 1 atom stereocenters. The highest BCUT2D eigenvalue weighted by Gasteiger charge is 2.29. The normalized spacial score (nSPS) is 23.5. The fourth-order valence-electron chi connectivity index (χ4n) is 3.13. The largest absolute Gasteiger partial charge is 0.384 e. The molecule has 6 heteroatoms. The van der Waals surface area contributed by atoms with E-state index in [1.54, 1.807) is 12.1 Å². The highest BCUT2D eigenvalue weighted by molar-refractivity contribution is 5.95. The summed E-state index contributed by atoms with van der Waals surface area (Å²) < 4.78 is 19.6. The molecule has 0 radical (unpaired) electrons. The van der Waals surface area contributed by atoms with Crippen LogP contribution in [-0.2, 0) is 4.74 Å². The summed E-state index contributed by atoms with van der Waals surface area (Å²) in [4.78, 5) is 4.52. The van der Waals surface area contributed by atoms with Gasteiger partial charge in [0.15, 0.2) is 0 Å². The molecule has 5 nitrogen and oxygen atoms in total. The third-order valence-electron chi connectivity index (χ3n) is 4.32. The summed E-state index contributed by atoms with van der Waals surface area (Å²) in [6.07, 6.45) is 1.05. The fourth-order valence-corrected chi connectivity index (χ4v) is 3.13. The first-order valence-corrected chi connectivity index (χ1v) is 7.36. The number of morpholine rings is 1. The predicted molar refractivity (Wildman–Crippen MR) is 80.4 cm³/mol. The Morgan fingerprint density at radius 3 is 2.71 bits per heavy atom. The van der Waals surface area contributed by atoms with E-state index in [4.69, 9.17) is 15.9 Å². The van der Waals surface area contributed by atoms with Gasteiger partial charge in [-0.1, -0.05) is 0 Å². The lowest BCUT2D eigenvalue weighted by atomic mass is 10.1. The van der Waals surface area contributed by atoms with Crippen LogP contribution >= 0.6 is 0 Å². The molecule has 0 aliphatic carbocycles. The minimum Gasteiger partial charge on any atom is -0.384 e. The highest BCUT2D eigenvalue weighted by Crippen LogP contribution is 2.26. The van der Waals surface area contributed by atoms with E-state index in [0.29, 0.717) is 17.3 Å². The number of nitrogens with zero attached hydrogens (tertiary/aromatic N) is 2. The van der Waals surface area contributed by atoms with Crippen molar-refractivity contribution in [2.45, 2.75) is 12.5 Å². The molecule has 1 aromatic carbocycles. The van der Waals surface area contributed by atoms with Gasteiger partial charge < -0.3 is 15.4 Å². The van der Waals surface area contributed by atoms with Crippen molar-refractivity contribution < 1.29 is 9.13 Å². The van der Waals surface area contributed by atoms with E-state index in [9.17, 15) is 4.39 Å². The molecule has 0 amide bonds. The zero-order chi connectivity index (χ0) is 14.8. The number of benzene rings is 1. The van der Waals surface area contributed by atoms with Crippen LogP contribution in [0.5, 0.6) is 0 Å². The van der Waals surface area contributed by atoms with E-state index in [2.05, 4.69) is 9.80 Å². The number of nitrogens with one attached hydrogen (secondary N) is 1. The van der Waals surface area contributed by atoms with Crippen LogP contribution in [0.2, 0.25) is 0 Å². The number of halogens is 1. The van der Waals surface area contributed by atoms with E-state index in [0.717, 1.165) is 45.8 Å². The minimum atomic E-state index is -0.301. The Balaban J connectivity index is 1.69. The maximum Gasteiger partial charge on any atom is 0.147 e. The van der Waals surface area contributed by atoms with Crippen LogP contribution in [0.25, 0.3) is 0 Å². The van der Waals surface area contributed by atoms with Crippen molar-refractivity contribution in [3.63, 3.8) is 0 Å². The summed E-state index contributed by atoms with van der Waals surface area (Å²) in [5.41, 5.74) is 6.43. The molecular formula is C15H21FN4O. The van der Waals surface area contributed by atoms with Crippen LogP contribution in [0, 0.1) is 11.2 Å². The molecule has 21 heavy (non-hydrogen) atoms. The van der Waals surface area contributed by atoms with Gasteiger partial charge in [-0.2, -0.15) is 0 Å². The zero-order valence-electron chi connectivity index (χ0n) is 12.0. The Kier molecular flexibility index (Phi) is 4.07. The number of ether oxygens (including phenoxy) is 1. The standard InChI is InChI=1S/C15H21FN4O/c16-13-9-11(15(17)18)1-2-14(13)20-4-3-12(10-20)19-5-7-21-8-6-19/h1-2,9,12H,3-8,10H2,(H3,17,18). The van der Waals surface area contributed by atoms with Crippen LogP contribution in [0.3, 0.4) is 0 Å². The molecule has 1 unspecified atom stereocenters. The fraction of sp³-hybridized carbons (Fsp3) is 0.533. The number of amidine groups is 1. The number of rotatable bonds is 3. The summed E-state index contributed by atoms with van der Waals surface area (Å²) >= 11 is 0. The molecule has 1 aromatic rings. The quantitative estimate of drug-likeness (QED) is 0.645. The average Bonchev–Trinajstić information content (AvgIpc) is 2.97. The van der Waals surface area contributed by atoms with Gasteiger partial charge >= 0.3 is 0 Å². The topological polar surface area (TPSA) is 65.6 Å². The van der Waals surface area contributed by atoms with Gasteiger partial charge in [0.2, 0.25) is 0 Å². The second-order valence-electron chi connectivity index (χ2n) is 5.62. The number of nitrogen functional groups attached to an aromatic ring is 1. The van der Waals surface area contributed by atoms with Crippen molar-refractivity contribution in [1.82, 2.24) is 4.90 Å². The molecule has 2 saturated heterocycles. The third-order valence-corrected chi connectivity index (χ3v) is 4.32. The minimum absolute atomic E-state index is 0.104. The number of hydrogen-bond donors (Lipinski definition) is 2. The second-order valence-corrected chi connectivity index (χ2v) is 5.62. The Labute approximate surface area is 124 Å². The molecule has 0 bridgehead atoms. The van der Waals surface area contributed by atoms with Crippen LogP contribution in [-0.4, -0.2) is 56.2 Å². The summed E-state index contributed by atoms with van der Waals surface area (Å²) in [5.74, 6) is -0.404. The number of nitrogens with two attached hydrogens (primary N) is 1. The smallest absolute Gasteiger partial charge is 0.147 e. The van der Waals surface area contributed by atoms with Gasteiger partial charge in [-0.25, -0.2) is 4.39 Å². The molecule has 0 spiro atoms. The molecule has 2 heterocycles. The Morgan fingerprint density at radius 2 is 2.05 bits per heavy atom. The Hall–Kier alpha value is -1.66. The SMILES string of the molecule is N=C(N)c1ccc(N2CCC(N3CCOCC3)C2)c(F)c1. The van der Waals surface area contributed by atoms with Crippen LogP contribution in [0.1, 0.15) is 12.0 Å². The van der Waals surface area contributed by atoms with Gasteiger partial charge in [0.1, 0.15) is 11.7 Å². The first-order valence-electron chi connectivity index (χ1n) is 7.36. The first-order chi connectivity index (χ1) is 10.1. The lowest BCUT2D eigenvalue weighted by Gasteiger charge is -2.32. The van der Waals surface area contributed by atoms with E-state index in [1.165, 1.54) is 6.07 Å². The van der Waals surface area contributed by atoms with Gasteiger partial charge in [0.05, 0.1) is 18.9 Å². The number of anilines is 1. The Morgan fingerprint density at radius 1 is 1.29 bits per heavy atom. The lowest BCUT2D eigenvalue weighted by molar-refractivity contribution is 0.0209. The van der Waals surface area contributed by atoms with Crippen LogP contribution < -0.4 is 10.6 Å². The van der Waals surface area contributed by atoms with Gasteiger partial charge in [-0.3, -0.25) is 10.3 Å². The number of hydrogen-bond acceptors (Lipinski definition) is 4. The molecule has 2 aliphatic heterocycles. The average molecular weight is 292 g/mol. The molecule has 0 aromatic heterocycles. The van der Waals surface area contributed by atoms with Crippen molar-refractivity contribution in [2.75, 3.05) is 44.3 Å². The predicted octanol–water partition coefficient (Wildman–Crippen LogP) is 1.02. The molecule has 114 valence electrons. The zero-order valence-corrected chi connectivity index (χ0v) is 12.0. The monoisotopic (exact) mass is 292 g/mol. The van der Waals surface area contributed by atoms with Crippen molar-refractivity contribution in [3.8, 4) is 0 Å². The molecule has 0 saturated carbocycles. The van der Waals surface area contributed by atoms with E-state index in [1.807, 2.05) is 0 Å². The van der Waals surface area contributed by atoms with Crippen LogP contribution in [0.4, 0.5) is 10.1 Å². The molecule has 2 fully saturated rings. The highest BCUT2D eigenvalue weighted by atomic mass is 19.1. The lowest BCUT2D eigenvalue weighted by Crippen LogP contribution is -2.44. The second kappa shape index (κ2) is 5.99. The third kappa shape index (κ3) is 3.01. The Bertz CT molecular complexity index is 530. The van der Waals surface area contributed by atoms with E-state index in [-0.39, 0.29) is 11.7 Å². The van der Waals surface area contributed by atoms with E-state index >= 15 is 0 Å². The molecule has 3 N–H and O–H groups in total. The van der Waals surface area contributed by atoms with E-state index < -0.39 is 0 Å². The van der Waals surface area contributed by atoms with Gasteiger partial charge in [-0.15, -0.1) is 0 Å². The molecule has 3 rings (SSSR count). The van der Waals surface area contributed by atoms with Crippen molar-refractivity contribution in [3.05, 3.63) is 29.6 Å². The van der Waals surface area contributed by atoms with Crippen molar-refractivity contribution in [1.29, 1.82) is 5.41 Å². The summed E-state index contributed by atoms with van der Waals surface area (Å²) in [6, 6.07) is 5.26. The maximum atomic E-state index is 14.2. The summed E-state index contributed by atoms with van der Waals surface area (Å²) in [6.45, 7) is 5.21. The van der Waals surface area contributed by atoms with Gasteiger partial charge in [0, 0.05) is 37.8 Å². The molecule has 2 aliphatic rings. The van der Waals surface area contributed by atoms with Crippen molar-refractivity contribution >= 4 is 11.5 Å². The maximum absolute atomic E-state index is 14.2. The first kappa shape index (κ1) is 14.3. The molecular weight excluding hydrogens is 271 g/mol. The van der Waals surface area contributed by atoms with Crippen LogP contribution in [0.15, 0.2) is 18.2 Å². The van der Waals surface area contributed by atoms with Crippen molar-refractivity contribution in [2.24, 2.45) is 5.73 Å².